The molecule has 18 nitrogen and oxygen atoms in total. The minimum Gasteiger partial charge on any atom is -0.871 e. The zero-order chi connectivity index (χ0) is 37.8. The third kappa shape index (κ3) is 11.3. The van der Waals surface area contributed by atoms with E-state index in [1.165, 1.54) is 21.5 Å². The number of azo groups is 2. The van der Waals surface area contributed by atoms with Gasteiger partial charge in [-0.25, -0.2) is 28.1 Å². The summed E-state index contributed by atoms with van der Waals surface area (Å²) in [4.78, 5) is 24.7. The van der Waals surface area contributed by atoms with Crippen molar-refractivity contribution in [1.29, 1.82) is 0 Å². The summed E-state index contributed by atoms with van der Waals surface area (Å²) in [6.45, 7) is 3.29. The van der Waals surface area contributed by atoms with Crippen LogP contribution in [-0.2, 0) is 36.8 Å². The van der Waals surface area contributed by atoms with Gasteiger partial charge in [0, 0.05) is 16.8 Å². The van der Waals surface area contributed by atoms with E-state index in [2.05, 4.69) is 35.8 Å². The standard InChI is InChI=1S/2C16H15N5O4S.Co.Li.Na/c2*1-10-15(16(23)21(20-10)11-5-3-2-4-6-11)19-18-13-9-12(26(17,24)25)7-8-14(13)22;;;/h2*2-9,20,22H,1H3,(H2,17,24,25);;;/q;;;2*+1. The van der Waals surface area contributed by atoms with E-state index in [0.29, 0.717) is 22.8 Å². The fourth-order valence-corrected chi connectivity index (χ4v) is 5.67. The van der Waals surface area contributed by atoms with Gasteiger partial charge in [-0.2, -0.15) is 13.5 Å². The second-order valence-electron chi connectivity index (χ2n) is 11.0. The van der Waals surface area contributed by atoms with E-state index in [-0.39, 0.29) is 103 Å². The van der Waals surface area contributed by atoms with Crippen molar-refractivity contribution in [3.63, 3.8) is 0 Å². The number of phenolic OH excluding ortho intramolecular Hbond substituents is 1. The number of nitrogens with two attached hydrogens (primary N) is 1. The molecule has 6 rings (SSSR count). The number of sulfonamides is 2. The number of aromatic hydroxyl groups is 1. The van der Waals surface area contributed by atoms with E-state index in [9.17, 15) is 36.6 Å². The van der Waals surface area contributed by atoms with Crippen LogP contribution in [0.2, 0.25) is 0 Å². The maximum atomic E-state index is 12.5. The molecule has 1 radical (unpaired) electrons. The van der Waals surface area contributed by atoms with Crippen LogP contribution in [0.25, 0.3) is 11.4 Å². The third-order valence-corrected chi connectivity index (χ3v) is 9.07. The van der Waals surface area contributed by atoms with Crippen molar-refractivity contribution < 1.29 is 97.4 Å². The van der Waals surface area contributed by atoms with Crippen LogP contribution in [0.15, 0.2) is 137 Å². The summed E-state index contributed by atoms with van der Waals surface area (Å²) in [5.41, 5.74) is 1.04. The molecule has 8 N–H and O–H groups in total. The van der Waals surface area contributed by atoms with Crippen molar-refractivity contribution in [3.05, 3.63) is 129 Å². The Bertz CT molecular complexity index is 2500. The Kier molecular flexibility index (Phi) is 16.6. The van der Waals surface area contributed by atoms with E-state index in [1.807, 2.05) is 12.1 Å². The summed E-state index contributed by atoms with van der Waals surface area (Å²) in [5.74, 6) is -0.810. The van der Waals surface area contributed by atoms with Crippen molar-refractivity contribution in [2.24, 2.45) is 25.6 Å². The first-order chi connectivity index (χ1) is 24.5. The quantitative estimate of drug-likeness (QED) is 0.0784. The average molecular weight is 836 g/mol. The zero-order valence-corrected chi connectivity index (χ0v) is 34.3. The molecular weight excluding hydrogens is 805 g/mol. The van der Waals surface area contributed by atoms with Crippen LogP contribution in [0.5, 0.6) is 11.5 Å². The van der Waals surface area contributed by atoms with Gasteiger partial charge in [-0.1, -0.05) is 48.2 Å². The van der Waals surface area contributed by atoms with E-state index in [1.54, 1.807) is 62.4 Å². The molecule has 0 spiro atoms. The van der Waals surface area contributed by atoms with Crippen molar-refractivity contribution in [2.75, 3.05) is 0 Å². The number of phenols is 1. The molecule has 0 aliphatic rings. The molecule has 23 heteroatoms. The second-order valence-corrected chi connectivity index (χ2v) is 14.2. The van der Waals surface area contributed by atoms with Gasteiger partial charge in [-0.05, 0) is 68.4 Å². The normalized spacial score (nSPS) is 11.3. The van der Waals surface area contributed by atoms with Crippen LogP contribution in [0.3, 0.4) is 0 Å². The first-order valence-corrected chi connectivity index (χ1v) is 18.1. The molecule has 0 aliphatic heterocycles. The Morgan fingerprint density at radius 1 is 0.691 bits per heavy atom. The summed E-state index contributed by atoms with van der Waals surface area (Å²) in [5, 5.41) is 50.8. The zero-order valence-electron chi connectivity index (χ0n) is 29.7. The van der Waals surface area contributed by atoms with Crippen molar-refractivity contribution in [1.82, 2.24) is 19.6 Å². The van der Waals surface area contributed by atoms with Crippen LogP contribution < -0.4 is 74.9 Å². The molecule has 0 amide bonds. The number of nitrogens with zero attached hydrogens (tertiary/aromatic N) is 6. The Morgan fingerprint density at radius 2 is 1.11 bits per heavy atom. The van der Waals surface area contributed by atoms with Crippen LogP contribution in [0.4, 0.5) is 22.7 Å². The Hall–Kier alpha value is -4.38. The van der Waals surface area contributed by atoms with E-state index in [4.69, 9.17) is 5.14 Å². The third-order valence-electron chi connectivity index (χ3n) is 7.19. The number of aromatic nitrogens is 4. The van der Waals surface area contributed by atoms with Gasteiger partial charge in [0.25, 0.3) is 11.1 Å². The minimum absolute atomic E-state index is 0. The molecule has 277 valence electrons. The van der Waals surface area contributed by atoms with Crippen molar-refractivity contribution in [2.45, 2.75) is 23.6 Å². The topological polar surface area (TPSA) is 290 Å². The Labute approximate surface area is 358 Å². The van der Waals surface area contributed by atoms with E-state index < -0.39 is 36.9 Å². The van der Waals surface area contributed by atoms with Gasteiger partial charge < -0.3 is 10.2 Å². The SMILES string of the molecule is Cc1[nH]n(-c2ccccc2)c(=O)c1N=Nc1cc(S(N)(=O)=O)ccc1[O-].Cc1[nH]n(-c2ccccc2)c(=O)c1N=Nc1cc(S([NH3+])(=O)=O)ccc1O.[Co].[Li+].[Na+]. The molecule has 6 aromatic rings. The van der Waals surface area contributed by atoms with Gasteiger partial charge in [-0.15, -0.1) is 15.3 Å². The van der Waals surface area contributed by atoms with Gasteiger partial charge >= 0.3 is 58.4 Å². The van der Waals surface area contributed by atoms with Gasteiger partial charge in [-0.3, -0.25) is 19.8 Å². The fraction of sp³-hybridized carbons (Fsp3) is 0.0625. The summed E-state index contributed by atoms with van der Waals surface area (Å²) in [7, 11) is -7.69. The number of H-pyrrole nitrogens is 2. The summed E-state index contributed by atoms with van der Waals surface area (Å²) in [6.07, 6.45) is 0. The number of benzene rings is 4. The van der Waals surface area contributed by atoms with Crippen molar-refractivity contribution >= 4 is 42.8 Å². The summed E-state index contributed by atoms with van der Waals surface area (Å²) in [6, 6.07) is 24.4. The van der Waals surface area contributed by atoms with Crippen LogP contribution in [-0.4, -0.2) is 41.5 Å². The van der Waals surface area contributed by atoms with Crippen LogP contribution in [0.1, 0.15) is 11.4 Å². The molecule has 55 heavy (non-hydrogen) atoms. The van der Waals surface area contributed by atoms with Gasteiger partial charge in [0.05, 0.1) is 33.3 Å². The number of nitrogens with one attached hydrogen (secondary N) is 2. The molecule has 2 aromatic heterocycles. The number of aryl methyl sites for hydroxylation is 2. The minimum atomic E-state index is -3.99. The first kappa shape index (κ1) is 46.8. The Morgan fingerprint density at radius 3 is 1.55 bits per heavy atom. The van der Waals surface area contributed by atoms with Crippen LogP contribution >= 0.6 is 0 Å². The number of rotatable bonds is 8. The number of hydrogen-bond donors (Lipinski definition) is 5. The first-order valence-electron chi connectivity index (χ1n) is 14.9. The number of primary sulfonamides is 1. The number of para-hydroxylation sites is 2. The maximum absolute atomic E-state index is 12.5. The van der Waals surface area contributed by atoms with E-state index >= 15 is 0 Å². The van der Waals surface area contributed by atoms with Gasteiger partial charge in [0.2, 0.25) is 10.0 Å². The monoisotopic (exact) mass is 835 g/mol. The molecule has 2 heterocycles. The largest absolute Gasteiger partial charge is 1.00 e. The smallest absolute Gasteiger partial charge is 0.871 e. The van der Waals surface area contributed by atoms with E-state index in [0.717, 1.165) is 24.3 Å². The molecule has 0 saturated carbocycles. The van der Waals surface area contributed by atoms with Gasteiger partial charge in [0.1, 0.15) is 16.3 Å². The number of quaternary nitrogens is 1. The predicted molar refractivity (Wildman–Crippen MR) is 186 cm³/mol. The molecular formula is C32H30CoLiN10NaO8S2+2. The summed E-state index contributed by atoms with van der Waals surface area (Å²) >= 11 is 0. The molecule has 4 aromatic carbocycles. The fourth-order valence-electron chi connectivity index (χ4n) is 4.57. The molecule has 0 unspecified atom stereocenters. The number of hydrogen-bond acceptors (Lipinski definition) is 12. The maximum Gasteiger partial charge on any atom is 1.00 e. The average Bonchev–Trinajstić information content (AvgIpc) is 3.56. The summed E-state index contributed by atoms with van der Waals surface area (Å²) < 4.78 is 48.4. The Balaban J connectivity index is 0.000000360. The van der Waals surface area contributed by atoms with Crippen LogP contribution in [0, 0.1) is 13.8 Å². The second kappa shape index (κ2) is 19.5. The molecule has 0 aliphatic carbocycles. The molecule has 0 atom stereocenters. The number of aromatic amines is 2. The van der Waals surface area contributed by atoms with Crippen molar-refractivity contribution in [3.8, 4) is 22.9 Å². The molecule has 0 saturated heterocycles. The molecule has 0 bridgehead atoms. The van der Waals surface area contributed by atoms with Gasteiger partial charge in [0.15, 0.2) is 11.4 Å². The predicted octanol–water partition coefficient (Wildman–Crippen LogP) is -2.86. The molecule has 0 fully saturated rings.